The van der Waals surface area contributed by atoms with Crippen molar-refractivity contribution in [3.05, 3.63) is 11.3 Å². The van der Waals surface area contributed by atoms with E-state index in [9.17, 15) is 14.7 Å². The summed E-state index contributed by atoms with van der Waals surface area (Å²) in [4.78, 5) is 23.3. The van der Waals surface area contributed by atoms with Crippen molar-refractivity contribution < 1.29 is 29.3 Å². The lowest BCUT2D eigenvalue weighted by atomic mass is 10.1. The average molecular weight is 370 g/mol. The van der Waals surface area contributed by atoms with Gasteiger partial charge in [-0.15, -0.1) is 0 Å². The van der Waals surface area contributed by atoms with Crippen LogP contribution in [0.5, 0.6) is 0 Å². The lowest BCUT2D eigenvalue weighted by Gasteiger charge is -2.05. The van der Waals surface area contributed by atoms with E-state index in [0.29, 0.717) is 0 Å². The lowest BCUT2D eigenvalue weighted by molar-refractivity contribution is -0.147. The molecule has 150 valence electrons. The summed E-state index contributed by atoms with van der Waals surface area (Å²) in [5, 5.41) is 18.6. The van der Waals surface area contributed by atoms with Crippen LogP contribution >= 0.6 is 0 Å². The topological polar surface area (TPSA) is 93.1 Å². The Hall–Kier alpha value is -1.56. The fourth-order valence-electron chi connectivity index (χ4n) is 3.00. The van der Waals surface area contributed by atoms with Crippen LogP contribution in [0.2, 0.25) is 0 Å². The number of aliphatic hydroxyl groups excluding tert-OH is 2. The third-order valence-electron chi connectivity index (χ3n) is 4.62. The number of hydrogen-bond donors (Lipinski definition) is 2. The third-order valence-corrected chi connectivity index (χ3v) is 4.62. The van der Waals surface area contributed by atoms with Gasteiger partial charge in [0.2, 0.25) is 0 Å². The molecule has 1 rings (SSSR count). The number of hydrogen-bond acceptors (Lipinski definition) is 6. The van der Waals surface area contributed by atoms with E-state index in [1.807, 2.05) is 0 Å². The van der Waals surface area contributed by atoms with Crippen molar-refractivity contribution in [3.63, 3.8) is 0 Å². The first-order chi connectivity index (χ1) is 12.6. The molecule has 0 aliphatic carbocycles. The molecule has 1 aliphatic heterocycles. The van der Waals surface area contributed by atoms with Crippen LogP contribution < -0.4 is 0 Å². The molecule has 0 saturated heterocycles. The first-order valence-electron chi connectivity index (χ1n) is 10.0. The highest BCUT2D eigenvalue weighted by Gasteiger charge is 2.39. The highest BCUT2D eigenvalue weighted by molar-refractivity contribution is 6.16. The van der Waals surface area contributed by atoms with Gasteiger partial charge >= 0.3 is 11.9 Å². The Balaban J connectivity index is 1.98. The van der Waals surface area contributed by atoms with Crippen molar-refractivity contribution in [1.29, 1.82) is 0 Å². The van der Waals surface area contributed by atoms with E-state index < -0.39 is 36.0 Å². The van der Waals surface area contributed by atoms with Gasteiger partial charge in [-0.1, -0.05) is 77.6 Å². The average Bonchev–Trinajstić information content (AvgIpc) is 2.92. The Bertz CT molecular complexity index is 457. The molecule has 0 aromatic heterocycles. The molecule has 26 heavy (non-hydrogen) atoms. The zero-order chi connectivity index (χ0) is 19.2. The van der Waals surface area contributed by atoms with Gasteiger partial charge in [-0.3, -0.25) is 0 Å². The number of unbranched alkanes of at least 4 members (excludes halogenated alkanes) is 11. The van der Waals surface area contributed by atoms with E-state index in [1.54, 1.807) is 0 Å². The first-order valence-corrected chi connectivity index (χ1v) is 10.0. The summed E-state index contributed by atoms with van der Waals surface area (Å²) in [6.07, 6.45) is 13.4. The van der Waals surface area contributed by atoms with E-state index in [4.69, 9.17) is 9.84 Å². The van der Waals surface area contributed by atoms with Gasteiger partial charge < -0.3 is 19.7 Å². The van der Waals surface area contributed by atoms with Crippen LogP contribution in [0.3, 0.4) is 0 Å². The van der Waals surface area contributed by atoms with Crippen LogP contribution in [0, 0.1) is 0 Å². The van der Waals surface area contributed by atoms with E-state index in [-0.39, 0.29) is 6.61 Å². The van der Waals surface area contributed by atoms with Gasteiger partial charge in [0.25, 0.3) is 0 Å². The van der Waals surface area contributed by atoms with E-state index >= 15 is 0 Å². The Kier molecular flexibility index (Phi) is 11.8. The lowest BCUT2D eigenvalue weighted by Crippen LogP contribution is -2.16. The second-order valence-electron chi connectivity index (χ2n) is 6.86. The number of cyclic esters (lactones) is 1. The van der Waals surface area contributed by atoms with Crippen LogP contribution in [-0.4, -0.2) is 41.5 Å². The Labute approximate surface area is 156 Å². The number of carbonyl (C=O) groups is 2. The molecule has 0 radical (unpaired) electrons. The summed E-state index contributed by atoms with van der Waals surface area (Å²) in [6.45, 7) is 1.88. The molecule has 6 nitrogen and oxygen atoms in total. The van der Waals surface area contributed by atoms with Crippen LogP contribution in [0.1, 0.15) is 84.0 Å². The van der Waals surface area contributed by atoms with E-state index in [2.05, 4.69) is 11.7 Å². The van der Waals surface area contributed by atoms with Gasteiger partial charge in [0, 0.05) is 0 Å². The normalized spacial score (nSPS) is 16.8. The summed E-state index contributed by atoms with van der Waals surface area (Å²) >= 11 is 0. The molecule has 0 amide bonds. The van der Waals surface area contributed by atoms with Gasteiger partial charge in [-0.05, 0) is 6.42 Å². The number of esters is 2. The van der Waals surface area contributed by atoms with Gasteiger partial charge in [0.05, 0.1) is 13.2 Å². The smallest absolute Gasteiger partial charge is 0.350 e. The Morgan fingerprint density at radius 1 is 0.962 bits per heavy atom. The molecule has 0 bridgehead atoms. The minimum absolute atomic E-state index is 0.212. The van der Waals surface area contributed by atoms with Crippen molar-refractivity contribution >= 4 is 11.9 Å². The van der Waals surface area contributed by atoms with Gasteiger partial charge in [-0.25, -0.2) is 9.59 Å². The van der Waals surface area contributed by atoms with E-state index in [1.165, 1.54) is 57.8 Å². The zero-order valence-corrected chi connectivity index (χ0v) is 16.0. The first kappa shape index (κ1) is 22.5. The molecule has 1 aliphatic rings. The predicted octanol–water partition coefficient (Wildman–Crippen LogP) is 3.96. The number of carbonyl (C=O) groups excluding carboxylic acids is 2. The molecular weight excluding hydrogens is 336 g/mol. The number of rotatable bonds is 15. The minimum Gasteiger partial charge on any atom is -0.507 e. The van der Waals surface area contributed by atoms with Crippen LogP contribution in [-0.2, 0) is 19.1 Å². The largest absolute Gasteiger partial charge is 0.507 e. The van der Waals surface area contributed by atoms with Gasteiger partial charge in [-0.2, -0.15) is 0 Å². The Morgan fingerprint density at radius 3 is 1.92 bits per heavy atom. The SMILES string of the molecule is CCCCCCCCCCCCCCOC(=O)C1=C(O)[C@@H](CO)OC1=O. The Morgan fingerprint density at radius 2 is 1.46 bits per heavy atom. The summed E-state index contributed by atoms with van der Waals surface area (Å²) in [6, 6.07) is 0. The monoisotopic (exact) mass is 370 g/mol. The maximum Gasteiger partial charge on any atom is 0.350 e. The summed E-state index contributed by atoms with van der Waals surface area (Å²) in [5.41, 5.74) is -0.497. The van der Waals surface area contributed by atoms with Crippen molar-refractivity contribution in [2.45, 2.75) is 90.1 Å². The fourth-order valence-corrected chi connectivity index (χ4v) is 3.00. The molecule has 6 heteroatoms. The highest BCUT2D eigenvalue weighted by Crippen LogP contribution is 2.21. The number of aliphatic hydroxyl groups is 2. The summed E-state index contributed by atoms with van der Waals surface area (Å²) < 4.78 is 9.67. The van der Waals surface area contributed by atoms with Crippen LogP contribution in [0.15, 0.2) is 11.3 Å². The molecule has 0 aromatic carbocycles. The second-order valence-corrected chi connectivity index (χ2v) is 6.86. The fraction of sp³-hybridized carbons (Fsp3) is 0.800. The van der Waals surface area contributed by atoms with Gasteiger partial charge in [0.15, 0.2) is 17.4 Å². The highest BCUT2D eigenvalue weighted by atomic mass is 16.6. The molecular formula is C20H34O6. The second kappa shape index (κ2) is 13.6. The molecule has 0 spiro atoms. The summed E-state index contributed by atoms with van der Waals surface area (Å²) in [7, 11) is 0. The molecule has 0 saturated carbocycles. The maximum atomic E-state index is 11.8. The zero-order valence-electron chi connectivity index (χ0n) is 16.0. The molecule has 1 atom stereocenters. The van der Waals surface area contributed by atoms with Crippen molar-refractivity contribution in [3.8, 4) is 0 Å². The van der Waals surface area contributed by atoms with Crippen molar-refractivity contribution in [2.24, 2.45) is 0 Å². The quantitative estimate of drug-likeness (QED) is 0.257. The standard InChI is InChI=1S/C20H34O6/c1-2-3-4-5-6-7-8-9-10-11-12-13-14-25-19(23)17-18(22)16(15-21)26-20(17)24/h16,21-22H,2-15H2,1H3/t16-/m1/s1. The van der Waals surface area contributed by atoms with Crippen LogP contribution in [0.25, 0.3) is 0 Å². The maximum absolute atomic E-state index is 11.8. The molecule has 0 fully saturated rings. The molecule has 2 N–H and O–H groups in total. The molecule has 0 unspecified atom stereocenters. The minimum atomic E-state index is -1.16. The molecule has 0 aromatic rings. The van der Waals surface area contributed by atoms with Crippen LogP contribution in [0.4, 0.5) is 0 Å². The van der Waals surface area contributed by atoms with Gasteiger partial charge in [0.1, 0.15) is 0 Å². The number of ether oxygens (including phenoxy) is 2. The van der Waals surface area contributed by atoms with Crippen molar-refractivity contribution in [2.75, 3.05) is 13.2 Å². The third kappa shape index (κ3) is 8.21. The van der Waals surface area contributed by atoms with E-state index in [0.717, 1.165) is 19.3 Å². The van der Waals surface area contributed by atoms with Crippen molar-refractivity contribution in [1.82, 2.24) is 0 Å². The molecule has 1 heterocycles. The predicted molar refractivity (Wildman–Crippen MR) is 98.7 cm³/mol. The summed E-state index contributed by atoms with van der Waals surface area (Å²) in [5.74, 6) is -2.37.